The first-order chi connectivity index (χ1) is 18.3. The van der Waals surface area contributed by atoms with Crippen molar-refractivity contribution in [1.29, 1.82) is 0 Å². The molecule has 2 aliphatic carbocycles. The Morgan fingerprint density at radius 1 is 0.486 bits per heavy atom. The first-order valence-corrected chi connectivity index (χ1v) is 19.6. The molecule has 4 aromatic rings. The monoisotopic (exact) mass is 554 g/mol. The van der Waals surface area contributed by atoms with Gasteiger partial charge in [-0.2, -0.15) is 0 Å². The van der Waals surface area contributed by atoms with Gasteiger partial charge in [0.05, 0.1) is 0 Å². The Bertz CT molecular complexity index is 1360. The summed E-state index contributed by atoms with van der Waals surface area (Å²) in [5.74, 6) is 0. The second-order valence-corrected chi connectivity index (χ2v) is 21.8. The molecule has 4 aromatic carbocycles. The standard InChI is InChI=1S/C16H14.2C9H7.C2H4.Zr/c1-3-9-15(10-4-1)13-7-8-14-16-11-5-2-6-12-16;2*1-2-5-9-7-3-6-8(9)4-1;1-2;/h1-14H;2*1-7H;1-2H2;. The van der Waals surface area contributed by atoms with Crippen LogP contribution in [0.25, 0.3) is 24.3 Å². The summed E-state index contributed by atoms with van der Waals surface area (Å²) in [6.45, 7) is 0. The molecule has 0 N–H and O–H groups in total. The Kier molecular flexibility index (Phi) is 7.16. The molecule has 37 heavy (non-hydrogen) atoms. The normalized spacial score (nSPS) is 20.0. The summed E-state index contributed by atoms with van der Waals surface area (Å²) >= 11 is -2.13. The first-order valence-electron chi connectivity index (χ1n) is 13.3. The van der Waals surface area contributed by atoms with E-state index in [1.807, 2.05) is 36.4 Å². The van der Waals surface area contributed by atoms with Crippen LogP contribution in [0.15, 0.2) is 133 Å². The molecule has 0 amide bonds. The van der Waals surface area contributed by atoms with E-state index in [4.69, 9.17) is 0 Å². The van der Waals surface area contributed by atoms with Gasteiger partial charge in [0.1, 0.15) is 0 Å². The van der Waals surface area contributed by atoms with Gasteiger partial charge in [-0.05, 0) is 11.1 Å². The van der Waals surface area contributed by atoms with E-state index >= 15 is 0 Å². The Balaban J connectivity index is 0.000000142. The molecule has 1 saturated heterocycles. The van der Waals surface area contributed by atoms with Gasteiger partial charge >= 0.3 is 131 Å². The van der Waals surface area contributed by atoms with Crippen molar-refractivity contribution in [3.63, 3.8) is 0 Å². The number of hydrogen-bond acceptors (Lipinski definition) is 0. The van der Waals surface area contributed by atoms with Crippen molar-refractivity contribution < 1.29 is 20.3 Å². The molecule has 0 nitrogen and oxygen atoms in total. The molecule has 1 aliphatic heterocycles. The van der Waals surface area contributed by atoms with Crippen molar-refractivity contribution >= 4 is 24.3 Å². The zero-order valence-electron chi connectivity index (χ0n) is 21.1. The van der Waals surface area contributed by atoms with Gasteiger partial charge in [0.25, 0.3) is 0 Å². The van der Waals surface area contributed by atoms with Crippen LogP contribution >= 0.6 is 0 Å². The number of rotatable bonds is 5. The first kappa shape index (κ1) is 24.1. The van der Waals surface area contributed by atoms with Gasteiger partial charge in [-0.15, -0.1) is 0 Å². The van der Waals surface area contributed by atoms with Crippen molar-refractivity contribution in [2.24, 2.45) is 0 Å². The van der Waals surface area contributed by atoms with E-state index in [1.54, 1.807) is 19.4 Å². The van der Waals surface area contributed by atoms with Crippen molar-refractivity contribution in [2.45, 2.75) is 15.5 Å². The summed E-state index contributed by atoms with van der Waals surface area (Å²) < 4.78 is 4.72. The third kappa shape index (κ3) is 5.25. The molecule has 7 rings (SSSR count). The van der Waals surface area contributed by atoms with E-state index in [0.717, 1.165) is 7.25 Å². The molecule has 0 bridgehead atoms. The van der Waals surface area contributed by atoms with Crippen LogP contribution in [0.3, 0.4) is 0 Å². The topological polar surface area (TPSA) is 0 Å². The second kappa shape index (κ2) is 11.0. The summed E-state index contributed by atoms with van der Waals surface area (Å²) in [4.78, 5) is 0. The van der Waals surface area contributed by atoms with E-state index in [9.17, 15) is 0 Å². The Hall–Kier alpha value is -3.28. The fourth-order valence-corrected chi connectivity index (χ4v) is 21.5. The van der Waals surface area contributed by atoms with Gasteiger partial charge < -0.3 is 0 Å². The average molecular weight is 556 g/mol. The van der Waals surface area contributed by atoms with Gasteiger partial charge in [0, 0.05) is 0 Å². The van der Waals surface area contributed by atoms with Crippen LogP contribution in [0.1, 0.15) is 40.6 Å². The van der Waals surface area contributed by atoms with Crippen LogP contribution in [0.5, 0.6) is 0 Å². The minimum atomic E-state index is -2.13. The zero-order chi connectivity index (χ0) is 24.9. The van der Waals surface area contributed by atoms with Gasteiger partial charge in [0.15, 0.2) is 0 Å². The van der Waals surface area contributed by atoms with Gasteiger partial charge in [0.2, 0.25) is 0 Å². The van der Waals surface area contributed by atoms with E-state index < -0.39 is 20.3 Å². The van der Waals surface area contributed by atoms with Gasteiger partial charge in [-0.25, -0.2) is 0 Å². The van der Waals surface area contributed by atoms with Crippen molar-refractivity contribution in [1.82, 2.24) is 0 Å². The van der Waals surface area contributed by atoms with Crippen LogP contribution in [-0.4, -0.2) is 0 Å². The van der Waals surface area contributed by atoms with Crippen molar-refractivity contribution in [2.75, 3.05) is 0 Å². The molecule has 0 saturated carbocycles. The number of hydrogen-bond donors (Lipinski definition) is 0. The molecular formula is C36H32Zr. The molecule has 0 radical (unpaired) electrons. The Morgan fingerprint density at radius 3 is 1.32 bits per heavy atom. The number of allylic oxidation sites excluding steroid dienone is 4. The molecule has 180 valence electrons. The summed E-state index contributed by atoms with van der Waals surface area (Å²) in [7, 11) is 0. The summed E-state index contributed by atoms with van der Waals surface area (Å²) in [6.07, 6.45) is 18.2. The van der Waals surface area contributed by atoms with Crippen molar-refractivity contribution in [3.8, 4) is 0 Å². The molecule has 2 atom stereocenters. The summed E-state index contributed by atoms with van der Waals surface area (Å²) in [5, 5.41) is 0. The fraction of sp³-hybridized carbons (Fsp3) is 0.111. The quantitative estimate of drug-likeness (QED) is 0.215. The maximum absolute atomic E-state index is 2.54. The third-order valence-electron chi connectivity index (χ3n) is 7.95. The van der Waals surface area contributed by atoms with Crippen molar-refractivity contribution in [3.05, 3.63) is 167 Å². The fourth-order valence-electron chi connectivity index (χ4n) is 5.92. The van der Waals surface area contributed by atoms with Crippen LogP contribution < -0.4 is 0 Å². The van der Waals surface area contributed by atoms with E-state index in [2.05, 4.69) is 121 Å². The van der Waals surface area contributed by atoms with Gasteiger partial charge in [-0.1, -0.05) is 85.0 Å². The third-order valence-corrected chi connectivity index (χ3v) is 20.6. The zero-order valence-corrected chi connectivity index (χ0v) is 23.5. The second-order valence-electron chi connectivity index (χ2n) is 10.2. The Labute approximate surface area is 225 Å². The van der Waals surface area contributed by atoms with Crippen LogP contribution in [0, 0.1) is 0 Å². The average Bonchev–Trinajstić information content (AvgIpc) is 3.44. The number of fused-ring (bicyclic) bond motifs is 2. The summed E-state index contributed by atoms with van der Waals surface area (Å²) in [5.41, 5.74) is 8.65. The molecule has 1 heteroatoms. The Morgan fingerprint density at radius 2 is 0.892 bits per heavy atom. The van der Waals surface area contributed by atoms with E-state index in [1.165, 1.54) is 22.3 Å². The SMILES string of the molecule is C(C=Cc1ccccc1)=Cc1ccccc1.C1=C[CH]([Zr]2([CH]3C=Cc4ccccc43)[CH2][CH2]2)c2ccccc21. The predicted octanol–water partition coefficient (Wildman–Crippen LogP) is 9.94. The van der Waals surface area contributed by atoms with Crippen LogP contribution in [0.4, 0.5) is 0 Å². The molecule has 0 aromatic heterocycles. The minimum absolute atomic E-state index is 0.802. The van der Waals surface area contributed by atoms with Crippen LogP contribution in [-0.2, 0) is 20.3 Å². The summed E-state index contributed by atoms with van der Waals surface area (Å²) in [6, 6.07) is 38.7. The molecule has 1 fully saturated rings. The molecule has 2 unspecified atom stereocenters. The maximum atomic E-state index is 2.54. The number of benzene rings is 4. The molecule has 0 spiro atoms. The molecule has 1 heterocycles. The predicted molar refractivity (Wildman–Crippen MR) is 157 cm³/mol. The van der Waals surface area contributed by atoms with Gasteiger partial charge in [-0.3, -0.25) is 0 Å². The van der Waals surface area contributed by atoms with E-state index in [0.29, 0.717) is 0 Å². The molecular weight excluding hydrogens is 524 g/mol. The molecule has 3 aliphatic rings. The van der Waals surface area contributed by atoms with Crippen LogP contribution in [0.2, 0.25) is 8.26 Å². The van der Waals surface area contributed by atoms with E-state index in [-0.39, 0.29) is 0 Å².